The highest BCUT2D eigenvalue weighted by Crippen LogP contribution is 2.05. The van der Waals surface area contributed by atoms with Gasteiger partial charge in [-0.2, -0.15) is 0 Å². The molecule has 4 heteroatoms. The molecule has 0 aliphatic carbocycles. The Hall–Kier alpha value is -1.55. The van der Waals surface area contributed by atoms with Crippen molar-refractivity contribution in [1.29, 1.82) is 0 Å². The highest BCUT2D eigenvalue weighted by atomic mass is 16.4. The average Bonchev–Trinajstić information content (AvgIpc) is 2.97. The molecule has 0 fully saturated rings. The quantitative estimate of drug-likeness (QED) is 0.832. The summed E-state index contributed by atoms with van der Waals surface area (Å²) < 4.78 is 7.75. The van der Waals surface area contributed by atoms with Gasteiger partial charge in [0.15, 0.2) is 0 Å². The van der Waals surface area contributed by atoms with Crippen LogP contribution < -0.4 is 5.32 Å². The van der Waals surface area contributed by atoms with Gasteiger partial charge in [0.2, 0.25) is 5.89 Å². The van der Waals surface area contributed by atoms with Crippen molar-refractivity contribution in [3.05, 3.63) is 41.9 Å². The Bertz CT molecular complexity index is 459. The molecule has 92 valence electrons. The van der Waals surface area contributed by atoms with Gasteiger partial charge in [-0.15, -0.1) is 0 Å². The summed E-state index contributed by atoms with van der Waals surface area (Å²) in [6.45, 7) is 6.72. The Morgan fingerprint density at radius 3 is 2.94 bits per heavy atom. The number of nitrogens with zero attached hydrogens (tertiary/aromatic N) is 2. The Kier molecular flexibility index (Phi) is 3.98. The van der Waals surface area contributed by atoms with Crippen LogP contribution in [0.5, 0.6) is 0 Å². The van der Waals surface area contributed by atoms with Gasteiger partial charge in [-0.1, -0.05) is 6.92 Å². The molecule has 2 heterocycles. The van der Waals surface area contributed by atoms with E-state index in [-0.39, 0.29) is 0 Å². The summed E-state index contributed by atoms with van der Waals surface area (Å²) in [4.78, 5) is 4.21. The van der Waals surface area contributed by atoms with E-state index in [9.17, 15) is 0 Å². The molecule has 2 rings (SSSR count). The maximum Gasteiger partial charge on any atom is 0.208 e. The molecule has 1 N–H and O–H groups in total. The van der Waals surface area contributed by atoms with Crippen LogP contribution in [0.1, 0.15) is 31.2 Å². The topological polar surface area (TPSA) is 43.0 Å². The largest absolute Gasteiger partial charge is 0.444 e. The molecule has 0 atom stereocenters. The van der Waals surface area contributed by atoms with Crippen molar-refractivity contribution in [1.82, 2.24) is 14.9 Å². The lowest BCUT2D eigenvalue weighted by Crippen LogP contribution is -2.15. The first-order valence-corrected chi connectivity index (χ1v) is 6.11. The van der Waals surface area contributed by atoms with Crippen LogP contribution >= 0.6 is 0 Å². The summed E-state index contributed by atoms with van der Waals surface area (Å²) in [6, 6.07) is 4.20. The molecule has 17 heavy (non-hydrogen) atoms. The standard InChI is InChI=1S/C13H19N3O/c1-3-12-9-15-13(17-12)10-14-8-11-6-5-7-16(11)4-2/h5-7,9,14H,3-4,8,10H2,1-2H3. The number of rotatable bonds is 6. The van der Waals surface area contributed by atoms with Crippen LogP contribution in [-0.4, -0.2) is 9.55 Å². The minimum absolute atomic E-state index is 0.675. The summed E-state index contributed by atoms with van der Waals surface area (Å²) in [6.07, 6.45) is 4.79. The van der Waals surface area contributed by atoms with Crippen molar-refractivity contribution in [3.8, 4) is 0 Å². The molecule has 0 saturated carbocycles. The number of hydrogen-bond donors (Lipinski definition) is 1. The van der Waals surface area contributed by atoms with Gasteiger partial charge in [-0.3, -0.25) is 0 Å². The van der Waals surface area contributed by atoms with Gasteiger partial charge in [-0.25, -0.2) is 4.98 Å². The van der Waals surface area contributed by atoms with E-state index in [4.69, 9.17) is 4.42 Å². The summed E-state index contributed by atoms with van der Waals surface area (Å²) >= 11 is 0. The monoisotopic (exact) mass is 233 g/mol. The smallest absolute Gasteiger partial charge is 0.208 e. The first kappa shape index (κ1) is 11.9. The second kappa shape index (κ2) is 5.68. The van der Waals surface area contributed by atoms with E-state index in [1.54, 1.807) is 6.20 Å². The zero-order valence-corrected chi connectivity index (χ0v) is 10.4. The first-order chi connectivity index (χ1) is 8.33. The second-order valence-electron chi connectivity index (χ2n) is 3.96. The van der Waals surface area contributed by atoms with Crippen molar-refractivity contribution >= 4 is 0 Å². The third-order valence-electron chi connectivity index (χ3n) is 2.80. The molecule has 0 aliphatic heterocycles. The van der Waals surface area contributed by atoms with E-state index in [0.717, 1.165) is 31.2 Å². The average molecular weight is 233 g/mol. The van der Waals surface area contributed by atoms with Crippen LogP contribution in [-0.2, 0) is 26.1 Å². The van der Waals surface area contributed by atoms with E-state index in [0.29, 0.717) is 6.54 Å². The summed E-state index contributed by atoms with van der Waals surface area (Å²) in [5.74, 6) is 1.70. The predicted molar refractivity (Wildman–Crippen MR) is 66.5 cm³/mol. The number of nitrogens with one attached hydrogen (secondary N) is 1. The molecule has 0 spiro atoms. The molecule has 0 radical (unpaired) electrons. The molecule has 2 aromatic rings. The maximum atomic E-state index is 5.53. The summed E-state index contributed by atoms with van der Waals surface area (Å²) in [7, 11) is 0. The Morgan fingerprint density at radius 2 is 2.24 bits per heavy atom. The lowest BCUT2D eigenvalue weighted by Gasteiger charge is -2.06. The van der Waals surface area contributed by atoms with Crippen LogP contribution in [0.4, 0.5) is 0 Å². The molecule has 0 bridgehead atoms. The number of oxazole rings is 1. The number of aromatic nitrogens is 2. The fourth-order valence-corrected chi connectivity index (χ4v) is 1.81. The van der Waals surface area contributed by atoms with Crippen LogP contribution in [0.25, 0.3) is 0 Å². The Labute approximate surface area is 102 Å². The SMILES string of the molecule is CCc1cnc(CNCc2cccn2CC)o1. The van der Waals surface area contributed by atoms with Gasteiger partial charge in [-0.05, 0) is 19.1 Å². The molecule has 2 aromatic heterocycles. The maximum absolute atomic E-state index is 5.53. The van der Waals surface area contributed by atoms with Gasteiger partial charge in [0, 0.05) is 31.4 Å². The van der Waals surface area contributed by atoms with Gasteiger partial charge in [0.25, 0.3) is 0 Å². The third kappa shape index (κ3) is 2.97. The van der Waals surface area contributed by atoms with Crippen molar-refractivity contribution in [2.24, 2.45) is 0 Å². The van der Waals surface area contributed by atoms with Gasteiger partial charge in [0.1, 0.15) is 5.76 Å². The highest BCUT2D eigenvalue weighted by Gasteiger charge is 2.03. The molecule has 0 aliphatic rings. The lowest BCUT2D eigenvalue weighted by atomic mass is 10.4. The fraction of sp³-hybridized carbons (Fsp3) is 0.462. The van der Waals surface area contributed by atoms with Gasteiger partial charge < -0.3 is 14.3 Å². The van der Waals surface area contributed by atoms with Crippen molar-refractivity contribution in [2.45, 2.75) is 39.9 Å². The third-order valence-corrected chi connectivity index (χ3v) is 2.80. The van der Waals surface area contributed by atoms with Crippen LogP contribution in [0, 0.1) is 0 Å². The molecule has 0 aromatic carbocycles. The zero-order valence-electron chi connectivity index (χ0n) is 10.4. The van der Waals surface area contributed by atoms with Crippen molar-refractivity contribution in [3.63, 3.8) is 0 Å². The van der Waals surface area contributed by atoms with E-state index < -0.39 is 0 Å². The molecule has 0 unspecified atom stereocenters. The highest BCUT2D eigenvalue weighted by molar-refractivity contribution is 5.06. The Morgan fingerprint density at radius 1 is 1.35 bits per heavy atom. The second-order valence-corrected chi connectivity index (χ2v) is 3.96. The number of hydrogen-bond acceptors (Lipinski definition) is 3. The fourth-order valence-electron chi connectivity index (χ4n) is 1.81. The summed E-state index contributed by atoms with van der Waals surface area (Å²) in [5, 5.41) is 3.34. The van der Waals surface area contributed by atoms with E-state index in [1.165, 1.54) is 5.69 Å². The number of aryl methyl sites for hydroxylation is 2. The van der Waals surface area contributed by atoms with Crippen molar-refractivity contribution < 1.29 is 4.42 Å². The molecule has 0 amide bonds. The zero-order chi connectivity index (χ0) is 12.1. The minimum atomic E-state index is 0.675. The van der Waals surface area contributed by atoms with Crippen LogP contribution in [0.15, 0.2) is 28.9 Å². The molecular weight excluding hydrogens is 214 g/mol. The Balaban J connectivity index is 1.83. The molecule has 4 nitrogen and oxygen atoms in total. The van der Waals surface area contributed by atoms with Gasteiger partial charge in [0.05, 0.1) is 12.7 Å². The van der Waals surface area contributed by atoms with Gasteiger partial charge >= 0.3 is 0 Å². The first-order valence-electron chi connectivity index (χ1n) is 6.11. The van der Waals surface area contributed by atoms with E-state index in [2.05, 4.69) is 47.0 Å². The normalized spacial score (nSPS) is 10.9. The minimum Gasteiger partial charge on any atom is -0.444 e. The summed E-state index contributed by atoms with van der Waals surface area (Å²) in [5.41, 5.74) is 1.29. The van der Waals surface area contributed by atoms with Crippen molar-refractivity contribution in [2.75, 3.05) is 0 Å². The van der Waals surface area contributed by atoms with E-state index >= 15 is 0 Å². The van der Waals surface area contributed by atoms with Crippen LogP contribution in [0.3, 0.4) is 0 Å². The predicted octanol–water partition coefficient (Wildman–Crippen LogP) is 2.35. The van der Waals surface area contributed by atoms with E-state index in [1.807, 2.05) is 0 Å². The lowest BCUT2D eigenvalue weighted by molar-refractivity contribution is 0.437. The molecule has 0 saturated heterocycles. The van der Waals surface area contributed by atoms with Crippen LogP contribution in [0.2, 0.25) is 0 Å². The molecular formula is C13H19N3O.